The van der Waals surface area contributed by atoms with Gasteiger partial charge in [-0.25, -0.2) is 12.8 Å². The summed E-state index contributed by atoms with van der Waals surface area (Å²) in [7, 11) is -3.59. The summed E-state index contributed by atoms with van der Waals surface area (Å²) >= 11 is 0. The third-order valence-electron chi connectivity index (χ3n) is 6.47. The molecular formula is C31H38FN3O4S. The van der Waals surface area contributed by atoms with Gasteiger partial charge < -0.3 is 10.2 Å². The molecule has 0 saturated heterocycles. The second kappa shape index (κ2) is 14.1. The Morgan fingerprint density at radius 3 is 2.15 bits per heavy atom. The Morgan fingerprint density at radius 1 is 0.925 bits per heavy atom. The van der Waals surface area contributed by atoms with Crippen molar-refractivity contribution in [2.75, 3.05) is 17.1 Å². The summed E-state index contributed by atoms with van der Waals surface area (Å²) in [6, 6.07) is 21.6. The minimum atomic E-state index is -3.59. The molecule has 1 N–H and O–H groups in total. The Bertz CT molecular complexity index is 1380. The molecule has 0 radical (unpaired) electrons. The van der Waals surface area contributed by atoms with Crippen molar-refractivity contribution in [1.82, 2.24) is 10.2 Å². The maximum absolute atomic E-state index is 14.7. The molecule has 0 aliphatic heterocycles. The highest BCUT2D eigenvalue weighted by Gasteiger charge is 2.31. The smallest absolute Gasteiger partial charge is 0.243 e. The molecule has 40 heavy (non-hydrogen) atoms. The number of hydrogen-bond donors (Lipinski definition) is 1. The zero-order valence-corrected chi connectivity index (χ0v) is 24.3. The Hall–Kier alpha value is -3.72. The van der Waals surface area contributed by atoms with E-state index in [2.05, 4.69) is 5.32 Å². The van der Waals surface area contributed by atoms with Gasteiger partial charge in [-0.3, -0.25) is 13.9 Å². The Labute approximate surface area is 237 Å². The minimum absolute atomic E-state index is 0.0212. The molecule has 0 fully saturated rings. The van der Waals surface area contributed by atoms with E-state index in [-0.39, 0.29) is 50.2 Å². The van der Waals surface area contributed by atoms with Crippen LogP contribution in [0, 0.1) is 12.7 Å². The van der Waals surface area contributed by atoms with Crippen molar-refractivity contribution >= 4 is 27.5 Å². The maximum Gasteiger partial charge on any atom is 0.243 e. The fraction of sp³-hybridized carbons (Fsp3) is 0.355. The quantitative estimate of drug-likeness (QED) is 0.320. The summed E-state index contributed by atoms with van der Waals surface area (Å²) in [6.45, 7) is 5.58. The van der Waals surface area contributed by atoms with E-state index in [1.165, 1.54) is 15.3 Å². The summed E-state index contributed by atoms with van der Waals surface area (Å²) in [4.78, 5) is 28.6. The molecule has 7 nitrogen and oxygen atoms in total. The fourth-order valence-electron chi connectivity index (χ4n) is 4.46. The zero-order valence-electron chi connectivity index (χ0n) is 23.5. The molecule has 3 rings (SSSR count). The van der Waals surface area contributed by atoms with E-state index in [4.69, 9.17) is 0 Å². The normalized spacial score (nSPS) is 12.2. The standard InChI is InChI=1S/C31H38FN3O4S/c1-23(2)33-31(37)29(21-25-11-6-5-7-12-25)34(22-26-13-8-9-14-28(26)32)30(36)15-10-20-35(40(4,38)39)27-18-16-24(3)17-19-27/h5-9,11-14,16-19,23,29H,10,15,20-22H2,1-4H3,(H,33,37). The van der Waals surface area contributed by atoms with Gasteiger partial charge in [-0.1, -0.05) is 66.2 Å². The van der Waals surface area contributed by atoms with Gasteiger partial charge in [0.25, 0.3) is 0 Å². The van der Waals surface area contributed by atoms with E-state index in [1.54, 1.807) is 30.3 Å². The molecule has 0 heterocycles. The van der Waals surface area contributed by atoms with Crippen LogP contribution in [0.1, 0.15) is 43.4 Å². The van der Waals surface area contributed by atoms with Gasteiger partial charge in [0.15, 0.2) is 0 Å². The van der Waals surface area contributed by atoms with Gasteiger partial charge in [-0.2, -0.15) is 0 Å². The molecule has 0 aliphatic carbocycles. The monoisotopic (exact) mass is 567 g/mol. The molecule has 3 aromatic carbocycles. The molecule has 0 spiro atoms. The van der Waals surface area contributed by atoms with Gasteiger partial charge in [0.1, 0.15) is 11.9 Å². The third kappa shape index (κ3) is 8.91. The number of carbonyl (C=O) groups is 2. The zero-order chi connectivity index (χ0) is 29.3. The summed E-state index contributed by atoms with van der Waals surface area (Å²) in [6.07, 6.45) is 1.58. The van der Waals surface area contributed by atoms with Crippen molar-refractivity contribution in [3.05, 3.63) is 101 Å². The van der Waals surface area contributed by atoms with E-state index < -0.39 is 21.9 Å². The van der Waals surface area contributed by atoms with Gasteiger partial charge in [-0.15, -0.1) is 0 Å². The predicted molar refractivity (Wildman–Crippen MR) is 157 cm³/mol. The first kappa shape index (κ1) is 30.8. The third-order valence-corrected chi connectivity index (χ3v) is 7.67. The summed E-state index contributed by atoms with van der Waals surface area (Å²) in [5.74, 6) is -1.16. The number of nitrogens with one attached hydrogen (secondary N) is 1. The Morgan fingerprint density at radius 2 is 1.55 bits per heavy atom. The lowest BCUT2D eigenvalue weighted by Gasteiger charge is -2.32. The van der Waals surface area contributed by atoms with E-state index in [1.807, 2.05) is 63.2 Å². The number of halogens is 1. The molecule has 0 aliphatic rings. The number of benzene rings is 3. The second-order valence-electron chi connectivity index (χ2n) is 10.3. The Kier molecular flexibility index (Phi) is 10.8. The minimum Gasteiger partial charge on any atom is -0.352 e. The molecule has 0 bridgehead atoms. The van der Waals surface area contributed by atoms with Gasteiger partial charge >= 0.3 is 0 Å². The van der Waals surface area contributed by atoms with Crippen LogP contribution in [0.3, 0.4) is 0 Å². The van der Waals surface area contributed by atoms with Crippen LogP contribution in [0.25, 0.3) is 0 Å². The Balaban J connectivity index is 1.88. The number of amides is 2. The molecule has 9 heteroatoms. The molecule has 3 aromatic rings. The lowest BCUT2D eigenvalue weighted by atomic mass is 10.0. The topological polar surface area (TPSA) is 86.8 Å². The molecule has 2 amide bonds. The van der Waals surface area contributed by atoms with Crippen molar-refractivity contribution in [3.8, 4) is 0 Å². The highest BCUT2D eigenvalue weighted by molar-refractivity contribution is 7.92. The van der Waals surface area contributed by atoms with Gasteiger partial charge in [0.05, 0.1) is 11.9 Å². The lowest BCUT2D eigenvalue weighted by molar-refractivity contribution is -0.141. The lowest BCUT2D eigenvalue weighted by Crippen LogP contribution is -2.52. The van der Waals surface area contributed by atoms with Gasteiger partial charge in [0, 0.05) is 37.5 Å². The number of nitrogens with zero attached hydrogens (tertiary/aromatic N) is 2. The van der Waals surface area contributed by atoms with Crippen molar-refractivity contribution in [2.24, 2.45) is 0 Å². The summed E-state index contributed by atoms with van der Waals surface area (Å²) in [5.41, 5.74) is 2.67. The van der Waals surface area contributed by atoms with Crippen LogP contribution >= 0.6 is 0 Å². The van der Waals surface area contributed by atoms with Crippen molar-refractivity contribution in [2.45, 2.75) is 58.7 Å². The van der Waals surface area contributed by atoms with Crippen LogP contribution in [-0.2, 0) is 32.6 Å². The van der Waals surface area contributed by atoms with Crippen molar-refractivity contribution in [1.29, 1.82) is 0 Å². The number of sulfonamides is 1. The van der Waals surface area contributed by atoms with Crippen LogP contribution in [0.5, 0.6) is 0 Å². The van der Waals surface area contributed by atoms with Crippen LogP contribution in [0.2, 0.25) is 0 Å². The van der Waals surface area contributed by atoms with Crippen LogP contribution in [0.4, 0.5) is 10.1 Å². The average molecular weight is 568 g/mol. The fourth-order valence-corrected chi connectivity index (χ4v) is 5.43. The number of aryl methyl sites for hydroxylation is 1. The van der Waals surface area contributed by atoms with E-state index >= 15 is 0 Å². The first-order valence-electron chi connectivity index (χ1n) is 13.4. The first-order valence-corrected chi connectivity index (χ1v) is 15.2. The van der Waals surface area contributed by atoms with Crippen LogP contribution in [0.15, 0.2) is 78.9 Å². The second-order valence-corrected chi connectivity index (χ2v) is 12.2. The van der Waals surface area contributed by atoms with Gasteiger partial charge in [0.2, 0.25) is 21.8 Å². The highest BCUT2D eigenvalue weighted by atomic mass is 32.2. The molecule has 1 unspecified atom stereocenters. The van der Waals surface area contributed by atoms with Crippen molar-refractivity contribution < 1.29 is 22.4 Å². The van der Waals surface area contributed by atoms with Gasteiger partial charge in [-0.05, 0) is 51.0 Å². The number of carbonyl (C=O) groups excluding carboxylic acids is 2. The maximum atomic E-state index is 14.7. The van der Waals surface area contributed by atoms with E-state index in [9.17, 15) is 22.4 Å². The first-order chi connectivity index (χ1) is 19.0. The molecule has 0 saturated carbocycles. The molecule has 1 atom stereocenters. The van der Waals surface area contributed by atoms with E-state index in [0.717, 1.165) is 17.4 Å². The number of rotatable bonds is 13. The van der Waals surface area contributed by atoms with Crippen LogP contribution < -0.4 is 9.62 Å². The molecular weight excluding hydrogens is 529 g/mol. The predicted octanol–water partition coefficient (Wildman–Crippen LogP) is 4.85. The van der Waals surface area contributed by atoms with E-state index in [0.29, 0.717) is 11.3 Å². The van der Waals surface area contributed by atoms with Crippen molar-refractivity contribution in [3.63, 3.8) is 0 Å². The molecule has 0 aromatic heterocycles. The summed E-state index contributed by atoms with van der Waals surface area (Å²) < 4.78 is 41.1. The van der Waals surface area contributed by atoms with Crippen LogP contribution in [-0.4, -0.2) is 50.0 Å². The average Bonchev–Trinajstić information content (AvgIpc) is 2.89. The highest BCUT2D eigenvalue weighted by Crippen LogP contribution is 2.21. The summed E-state index contributed by atoms with van der Waals surface area (Å²) in [5, 5.41) is 2.90. The number of hydrogen-bond acceptors (Lipinski definition) is 4. The SMILES string of the molecule is Cc1ccc(N(CCCC(=O)N(Cc2ccccc2F)C(Cc2ccccc2)C(=O)NC(C)C)S(C)(=O)=O)cc1. The largest absolute Gasteiger partial charge is 0.352 e. The number of anilines is 1. The molecule has 214 valence electrons.